The summed E-state index contributed by atoms with van der Waals surface area (Å²) in [6, 6.07) is 0. The Labute approximate surface area is 100 Å². The third-order valence-corrected chi connectivity index (χ3v) is 3.49. The Kier molecular flexibility index (Phi) is 6.76. The van der Waals surface area contributed by atoms with E-state index in [1.807, 2.05) is 11.8 Å². The summed E-state index contributed by atoms with van der Waals surface area (Å²) in [5, 5.41) is 4.28. The fourth-order valence-corrected chi connectivity index (χ4v) is 2.38. The molecule has 0 spiro atoms. The molecule has 0 saturated carbocycles. The highest BCUT2D eigenvalue weighted by atomic mass is 32.2. The third kappa shape index (κ3) is 5.37. The first kappa shape index (κ1) is 12.8. The molecule has 0 atom stereocenters. The van der Waals surface area contributed by atoms with Crippen molar-refractivity contribution in [3.63, 3.8) is 0 Å². The predicted octanol–water partition coefficient (Wildman–Crippen LogP) is 3.05. The van der Waals surface area contributed by atoms with Gasteiger partial charge in [-0.1, -0.05) is 13.3 Å². The molecule has 0 aliphatic carbocycles. The molecule has 1 aromatic rings. The van der Waals surface area contributed by atoms with E-state index >= 15 is 0 Å². The van der Waals surface area contributed by atoms with E-state index in [1.54, 1.807) is 0 Å². The van der Waals surface area contributed by atoms with Crippen molar-refractivity contribution in [2.75, 3.05) is 23.9 Å². The maximum atomic E-state index is 4.35. The molecule has 1 heterocycles. The van der Waals surface area contributed by atoms with Crippen molar-refractivity contribution >= 4 is 28.4 Å². The van der Waals surface area contributed by atoms with Crippen LogP contribution in [-0.4, -0.2) is 27.9 Å². The van der Waals surface area contributed by atoms with Crippen LogP contribution in [0.1, 0.15) is 32.0 Å². The molecule has 0 unspecified atom stereocenters. The number of hydrogen-bond acceptors (Lipinski definition) is 5. The number of unbranched alkanes of at least 4 members (excludes halogenated alkanes) is 2. The number of rotatable bonds is 8. The number of aryl methyl sites for hydroxylation is 1. The first-order chi connectivity index (χ1) is 7.36. The Hall–Kier alpha value is -0.290. The van der Waals surface area contributed by atoms with Gasteiger partial charge in [0.05, 0.1) is 0 Å². The molecule has 0 amide bonds. The van der Waals surface area contributed by atoms with Gasteiger partial charge in [0, 0.05) is 24.5 Å². The summed E-state index contributed by atoms with van der Waals surface area (Å²) in [7, 11) is 0. The van der Waals surface area contributed by atoms with Gasteiger partial charge in [-0.2, -0.15) is 16.1 Å². The summed E-state index contributed by atoms with van der Waals surface area (Å²) < 4.78 is 4.23. The van der Waals surface area contributed by atoms with Crippen LogP contribution < -0.4 is 5.32 Å². The fourth-order valence-electron chi connectivity index (χ4n) is 1.21. The van der Waals surface area contributed by atoms with E-state index in [2.05, 4.69) is 27.9 Å². The summed E-state index contributed by atoms with van der Waals surface area (Å²) in [6.07, 6.45) is 6.92. The zero-order chi connectivity index (χ0) is 10.9. The van der Waals surface area contributed by atoms with Crippen molar-refractivity contribution in [2.24, 2.45) is 0 Å². The highest BCUT2D eigenvalue weighted by molar-refractivity contribution is 7.98. The van der Waals surface area contributed by atoms with E-state index in [0.29, 0.717) is 0 Å². The molecule has 86 valence electrons. The molecule has 15 heavy (non-hydrogen) atoms. The topological polar surface area (TPSA) is 37.8 Å². The molecule has 1 rings (SSSR count). The molecule has 0 saturated heterocycles. The van der Waals surface area contributed by atoms with Crippen LogP contribution in [0, 0.1) is 0 Å². The number of nitrogens with one attached hydrogen (secondary N) is 1. The molecule has 0 aromatic carbocycles. The number of thioether (sulfide) groups is 1. The van der Waals surface area contributed by atoms with Crippen molar-refractivity contribution in [1.29, 1.82) is 0 Å². The van der Waals surface area contributed by atoms with Gasteiger partial charge in [-0.15, -0.1) is 0 Å². The second-order valence-corrected chi connectivity index (χ2v) is 5.09. The van der Waals surface area contributed by atoms with Crippen molar-refractivity contribution in [2.45, 2.75) is 32.6 Å². The van der Waals surface area contributed by atoms with Crippen molar-refractivity contribution < 1.29 is 0 Å². The molecule has 3 nitrogen and oxygen atoms in total. The highest BCUT2D eigenvalue weighted by Crippen LogP contribution is 2.11. The van der Waals surface area contributed by atoms with Gasteiger partial charge in [0.1, 0.15) is 5.82 Å². The van der Waals surface area contributed by atoms with Gasteiger partial charge in [-0.25, -0.2) is 4.98 Å². The summed E-state index contributed by atoms with van der Waals surface area (Å²) in [5.74, 6) is 2.23. The van der Waals surface area contributed by atoms with Gasteiger partial charge in [0.25, 0.3) is 0 Å². The maximum Gasteiger partial charge on any atom is 0.202 e. The zero-order valence-corrected chi connectivity index (χ0v) is 11.1. The molecule has 0 bridgehead atoms. The van der Waals surface area contributed by atoms with Gasteiger partial charge in [-0.3, -0.25) is 0 Å². The average Bonchev–Trinajstić information content (AvgIpc) is 2.71. The Morgan fingerprint density at radius 3 is 2.87 bits per heavy atom. The highest BCUT2D eigenvalue weighted by Gasteiger charge is 2.00. The Morgan fingerprint density at radius 2 is 2.20 bits per heavy atom. The molecular weight excluding hydrogens is 226 g/mol. The minimum absolute atomic E-state index is 0.923. The largest absolute Gasteiger partial charge is 0.360 e. The molecule has 1 aromatic heterocycles. The normalized spacial score (nSPS) is 10.5. The smallest absolute Gasteiger partial charge is 0.202 e. The average molecular weight is 245 g/mol. The van der Waals surface area contributed by atoms with Crippen LogP contribution in [0.4, 0.5) is 5.13 Å². The minimum atomic E-state index is 0.923. The number of nitrogens with zero attached hydrogens (tertiary/aromatic N) is 2. The molecular formula is C10H19N3S2. The van der Waals surface area contributed by atoms with Crippen molar-refractivity contribution in [3.8, 4) is 0 Å². The monoisotopic (exact) mass is 245 g/mol. The van der Waals surface area contributed by atoms with Crippen LogP contribution in [0.15, 0.2) is 0 Å². The molecule has 1 N–H and O–H groups in total. The first-order valence-electron chi connectivity index (χ1n) is 5.42. The fraction of sp³-hybridized carbons (Fsp3) is 0.800. The quantitative estimate of drug-likeness (QED) is 0.714. The van der Waals surface area contributed by atoms with Crippen molar-refractivity contribution in [3.05, 3.63) is 5.82 Å². The summed E-state index contributed by atoms with van der Waals surface area (Å²) in [4.78, 5) is 4.35. The Bertz CT molecular complexity index is 263. The van der Waals surface area contributed by atoms with Crippen LogP contribution in [0.3, 0.4) is 0 Å². The number of anilines is 1. The maximum absolute atomic E-state index is 4.35. The van der Waals surface area contributed by atoms with Gasteiger partial charge < -0.3 is 5.32 Å². The summed E-state index contributed by atoms with van der Waals surface area (Å²) in [6.45, 7) is 3.10. The second-order valence-electron chi connectivity index (χ2n) is 3.35. The molecule has 0 aliphatic rings. The van der Waals surface area contributed by atoms with Crippen LogP contribution in [0.5, 0.6) is 0 Å². The Balaban J connectivity index is 2.04. The van der Waals surface area contributed by atoms with Gasteiger partial charge >= 0.3 is 0 Å². The summed E-state index contributed by atoms with van der Waals surface area (Å²) >= 11 is 3.39. The SMILES string of the molecule is CCc1nsc(NCCCCCSC)n1. The van der Waals surface area contributed by atoms with E-state index in [-0.39, 0.29) is 0 Å². The van der Waals surface area contributed by atoms with Crippen molar-refractivity contribution in [1.82, 2.24) is 9.36 Å². The van der Waals surface area contributed by atoms with Gasteiger partial charge in [-0.05, 0) is 24.9 Å². The van der Waals surface area contributed by atoms with E-state index in [4.69, 9.17) is 0 Å². The van der Waals surface area contributed by atoms with E-state index in [1.165, 1.54) is 36.5 Å². The molecule has 5 heteroatoms. The lowest BCUT2D eigenvalue weighted by molar-refractivity contribution is 0.749. The Morgan fingerprint density at radius 1 is 1.33 bits per heavy atom. The van der Waals surface area contributed by atoms with E-state index < -0.39 is 0 Å². The number of aromatic nitrogens is 2. The summed E-state index contributed by atoms with van der Waals surface area (Å²) in [5.41, 5.74) is 0. The van der Waals surface area contributed by atoms with E-state index in [9.17, 15) is 0 Å². The van der Waals surface area contributed by atoms with Crippen LogP contribution in [-0.2, 0) is 6.42 Å². The van der Waals surface area contributed by atoms with Gasteiger partial charge in [0.15, 0.2) is 0 Å². The second kappa shape index (κ2) is 7.93. The molecule has 0 radical (unpaired) electrons. The van der Waals surface area contributed by atoms with Gasteiger partial charge in [0.2, 0.25) is 5.13 Å². The van der Waals surface area contributed by atoms with E-state index in [0.717, 1.165) is 23.9 Å². The lowest BCUT2D eigenvalue weighted by Gasteiger charge is -2.01. The first-order valence-corrected chi connectivity index (χ1v) is 7.59. The third-order valence-electron chi connectivity index (χ3n) is 2.09. The van der Waals surface area contributed by atoms with Crippen LogP contribution in [0.25, 0.3) is 0 Å². The standard InChI is InChI=1S/C10H19N3S2/c1-3-9-12-10(15-13-9)11-7-5-4-6-8-14-2/h3-8H2,1-2H3,(H,11,12,13). The lowest BCUT2D eigenvalue weighted by atomic mass is 10.2. The predicted molar refractivity (Wildman–Crippen MR) is 70.0 cm³/mol. The molecule has 0 fully saturated rings. The lowest BCUT2D eigenvalue weighted by Crippen LogP contribution is -2.01. The minimum Gasteiger partial charge on any atom is -0.360 e. The number of hydrogen-bond donors (Lipinski definition) is 1. The van der Waals surface area contributed by atoms with Crippen LogP contribution in [0.2, 0.25) is 0 Å². The zero-order valence-electron chi connectivity index (χ0n) is 9.45. The van der Waals surface area contributed by atoms with Crippen LogP contribution >= 0.6 is 23.3 Å². The molecule has 0 aliphatic heterocycles.